The van der Waals surface area contributed by atoms with Crippen LogP contribution in [0.25, 0.3) is 0 Å². The van der Waals surface area contributed by atoms with Crippen molar-refractivity contribution in [2.45, 2.75) is 39.0 Å². The molecule has 0 heterocycles. The van der Waals surface area contributed by atoms with Crippen molar-refractivity contribution in [1.82, 2.24) is 0 Å². The average molecular weight is 156 g/mol. The Hall–Kier alpha value is -0.530. The van der Waals surface area contributed by atoms with Crippen molar-refractivity contribution in [1.29, 1.82) is 0 Å². The Kier molecular flexibility index (Phi) is 2.92. The third-order valence-corrected chi connectivity index (χ3v) is 2.73. The minimum Gasteiger partial charge on any atom is -0.481 e. The molecule has 1 fully saturated rings. The quantitative estimate of drug-likeness (QED) is 0.680. The van der Waals surface area contributed by atoms with Crippen molar-refractivity contribution in [2.24, 2.45) is 11.8 Å². The summed E-state index contributed by atoms with van der Waals surface area (Å²) in [6.45, 7) is 1.97. The van der Waals surface area contributed by atoms with Crippen LogP contribution in [0.1, 0.15) is 39.0 Å². The summed E-state index contributed by atoms with van der Waals surface area (Å²) in [6, 6.07) is 0. The molecule has 0 radical (unpaired) electrons. The van der Waals surface area contributed by atoms with Crippen LogP contribution < -0.4 is 0 Å². The molecule has 2 nitrogen and oxygen atoms in total. The molecule has 1 saturated carbocycles. The van der Waals surface area contributed by atoms with E-state index in [1.807, 2.05) is 6.92 Å². The number of carboxylic acids is 1. The molecule has 0 aromatic rings. The lowest BCUT2D eigenvalue weighted by Crippen LogP contribution is -2.20. The van der Waals surface area contributed by atoms with E-state index in [4.69, 9.17) is 5.11 Å². The number of carbonyl (C=O) groups is 1. The lowest BCUT2D eigenvalue weighted by Gasteiger charge is -2.16. The summed E-state index contributed by atoms with van der Waals surface area (Å²) in [5.41, 5.74) is 0. The smallest absolute Gasteiger partial charge is 0.306 e. The van der Waals surface area contributed by atoms with Gasteiger partial charge in [0, 0.05) is 0 Å². The number of aliphatic carboxylic acids is 1. The van der Waals surface area contributed by atoms with Gasteiger partial charge in [0.05, 0.1) is 5.92 Å². The predicted molar refractivity (Wildman–Crippen MR) is 43.4 cm³/mol. The van der Waals surface area contributed by atoms with E-state index < -0.39 is 5.97 Å². The molecule has 1 aliphatic carbocycles. The molecule has 0 aromatic heterocycles. The first-order valence-electron chi connectivity index (χ1n) is 4.48. The summed E-state index contributed by atoms with van der Waals surface area (Å²) in [6.07, 6.45) is 5.51. The zero-order valence-corrected chi connectivity index (χ0v) is 7.05. The Morgan fingerprint density at radius 1 is 1.55 bits per heavy atom. The summed E-state index contributed by atoms with van der Waals surface area (Å²) in [4.78, 5) is 10.7. The molecule has 2 heteroatoms. The van der Waals surface area contributed by atoms with Crippen molar-refractivity contribution >= 4 is 5.97 Å². The first-order chi connectivity index (χ1) is 5.25. The molecule has 11 heavy (non-hydrogen) atoms. The van der Waals surface area contributed by atoms with Crippen molar-refractivity contribution in [2.75, 3.05) is 0 Å². The Morgan fingerprint density at radius 2 is 2.09 bits per heavy atom. The van der Waals surface area contributed by atoms with Crippen LogP contribution in [0.2, 0.25) is 0 Å². The van der Waals surface area contributed by atoms with Crippen LogP contribution in [-0.4, -0.2) is 11.1 Å². The summed E-state index contributed by atoms with van der Waals surface area (Å²) >= 11 is 0. The van der Waals surface area contributed by atoms with Gasteiger partial charge >= 0.3 is 5.97 Å². The molecule has 0 aliphatic heterocycles. The fourth-order valence-corrected chi connectivity index (χ4v) is 2.07. The van der Waals surface area contributed by atoms with E-state index in [0.29, 0.717) is 5.92 Å². The van der Waals surface area contributed by atoms with Crippen LogP contribution in [0, 0.1) is 11.8 Å². The van der Waals surface area contributed by atoms with Crippen molar-refractivity contribution < 1.29 is 9.90 Å². The Morgan fingerprint density at radius 3 is 2.45 bits per heavy atom. The molecule has 0 bridgehead atoms. The minimum atomic E-state index is -0.598. The molecule has 0 saturated heterocycles. The van der Waals surface area contributed by atoms with Crippen LogP contribution in [-0.2, 0) is 4.79 Å². The van der Waals surface area contributed by atoms with Gasteiger partial charge in [-0.1, -0.05) is 19.8 Å². The average Bonchev–Trinajstić information content (AvgIpc) is 2.40. The van der Waals surface area contributed by atoms with Gasteiger partial charge in [0.2, 0.25) is 0 Å². The highest BCUT2D eigenvalue weighted by Gasteiger charge is 2.28. The van der Waals surface area contributed by atoms with Gasteiger partial charge in [-0.05, 0) is 25.2 Å². The van der Waals surface area contributed by atoms with Crippen LogP contribution in [0.3, 0.4) is 0 Å². The molecule has 0 spiro atoms. The summed E-state index contributed by atoms with van der Waals surface area (Å²) < 4.78 is 0. The zero-order chi connectivity index (χ0) is 8.27. The number of carboxylic acid groups (broad SMARTS) is 1. The maximum atomic E-state index is 10.7. The normalized spacial score (nSPS) is 21.9. The number of rotatable bonds is 3. The van der Waals surface area contributed by atoms with Crippen LogP contribution in [0.5, 0.6) is 0 Å². The van der Waals surface area contributed by atoms with E-state index in [2.05, 4.69) is 0 Å². The highest BCUT2D eigenvalue weighted by atomic mass is 16.4. The van der Waals surface area contributed by atoms with E-state index in [1.165, 1.54) is 12.8 Å². The molecule has 0 aromatic carbocycles. The van der Waals surface area contributed by atoms with Gasteiger partial charge in [-0.3, -0.25) is 4.79 Å². The molecule has 0 amide bonds. The highest BCUT2D eigenvalue weighted by Crippen LogP contribution is 2.32. The van der Waals surface area contributed by atoms with Gasteiger partial charge in [-0.2, -0.15) is 0 Å². The van der Waals surface area contributed by atoms with Gasteiger partial charge in [0.15, 0.2) is 0 Å². The second-order valence-corrected chi connectivity index (χ2v) is 3.40. The molecular weight excluding hydrogens is 140 g/mol. The Bertz CT molecular complexity index is 136. The van der Waals surface area contributed by atoms with Gasteiger partial charge < -0.3 is 5.11 Å². The minimum absolute atomic E-state index is 0.0718. The lowest BCUT2D eigenvalue weighted by molar-refractivity contribution is -0.143. The Balaban J connectivity index is 2.46. The van der Waals surface area contributed by atoms with E-state index in [-0.39, 0.29) is 5.92 Å². The van der Waals surface area contributed by atoms with E-state index >= 15 is 0 Å². The zero-order valence-electron chi connectivity index (χ0n) is 7.05. The molecule has 64 valence electrons. The predicted octanol–water partition coefficient (Wildman–Crippen LogP) is 2.29. The van der Waals surface area contributed by atoms with Crippen LogP contribution >= 0.6 is 0 Å². The Labute approximate surface area is 67.6 Å². The molecular formula is C9H16O2. The monoisotopic (exact) mass is 156 g/mol. The van der Waals surface area contributed by atoms with Crippen LogP contribution in [0.15, 0.2) is 0 Å². The molecule has 1 atom stereocenters. The fourth-order valence-electron chi connectivity index (χ4n) is 2.07. The maximum Gasteiger partial charge on any atom is 0.306 e. The van der Waals surface area contributed by atoms with E-state index in [9.17, 15) is 4.79 Å². The first kappa shape index (κ1) is 8.57. The summed E-state index contributed by atoms with van der Waals surface area (Å²) in [7, 11) is 0. The third kappa shape index (κ3) is 1.95. The van der Waals surface area contributed by atoms with Gasteiger partial charge in [0.25, 0.3) is 0 Å². The molecule has 1 unspecified atom stereocenters. The third-order valence-electron chi connectivity index (χ3n) is 2.73. The second kappa shape index (κ2) is 3.74. The SMILES string of the molecule is CCC(C(=O)O)C1CCCC1. The molecule has 1 N–H and O–H groups in total. The van der Waals surface area contributed by atoms with E-state index in [0.717, 1.165) is 19.3 Å². The van der Waals surface area contributed by atoms with Crippen molar-refractivity contribution in [3.8, 4) is 0 Å². The number of hydrogen-bond donors (Lipinski definition) is 1. The van der Waals surface area contributed by atoms with Crippen molar-refractivity contribution in [3.05, 3.63) is 0 Å². The second-order valence-electron chi connectivity index (χ2n) is 3.40. The first-order valence-corrected chi connectivity index (χ1v) is 4.48. The molecule has 1 rings (SSSR count). The summed E-state index contributed by atoms with van der Waals surface area (Å²) in [5.74, 6) is -0.200. The van der Waals surface area contributed by atoms with Gasteiger partial charge in [-0.25, -0.2) is 0 Å². The summed E-state index contributed by atoms with van der Waals surface area (Å²) in [5, 5.41) is 8.83. The lowest BCUT2D eigenvalue weighted by atomic mass is 9.89. The van der Waals surface area contributed by atoms with Gasteiger partial charge in [-0.15, -0.1) is 0 Å². The molecule has 1 aliphatic rings. The largest absolute Gasteiger partial charge is 0.481 e. The number of hydrogen-bond acceptors (Lipinski definition) is 1. The van der Waals surface area contributed by atoms with Crippen LogP contribution in [0.4, 0.5) is 0 Å². The van der Waals surface area contributed by atoms with Crippen molar-refractivity contribution in [3.63, 3.8) is 0 Å². The maximum absolute atomic E-state index is 10.7. The van der Waals surface area contributed by atoms with Gasteiger partial charge in [0.1, 0.15) is 0 Å². The standard InChI is InChI=1S/C9H16O2/c1-2-8(9(10)11)7-5-3-4-6-7/h7-8H,2-6H2,1H3,(H,10,11). The van der Waals surface area contributed by atoms with E-state index in [1.54, 1.807) is 0 Å². The highest BCUT2D eigenvalue weighted by molar-refractivity contribution is 5.70. The topological polar surface area (TPSA) is 37.3 Å². The fraction of sp³-hybridized carbons (Fsp3) is 0.889.